The summed E-state index contributed by atoms with van der Waals surface area (Å²) in [7, 11) is 3.30. The smallest absolute Gasteiger partial charge is 0.335 e. The Morgan fingerprint density at radius 1 is 1.07 bits per heavy atom. The van der Waals surface area contributed by atoms with E-state index in [2.05, 4.69) is 5.32 Å². The van der Waals surface area contributed by atoms with E-state index in [-0.39, 0.29) is 30.4 Å². The van der Waals surface area contributed by atoms with Gasteiger partial charge in [0.2, 0.25) is 5.91 Å². The topological polar surface area (TPSA) is 95.9 Å². The quantitative estimate of drug-likeness (QED) is 0.744. The van der Waals surface area contributed by atoms with Crippen molar-refractivity contribution in [2.75, 3.05) is 26.0 Å². The number of carbonyl (C=O) groups excluding carboxylic acids is 2. The predicted octanol–water partition coefficient (Wildman–Crippen LogP) is 2.42. The molecule has 0 spiro atoms. The van der Waals surface area contributed by atoms with Crippen LogP contribution in [-0.2, 0) is 16.0 Å². The molecule has 0 radical (unpaired) electrons. The summed E-state index contributed by atoms with van der Waals surface area (Å²) >= 11 is 0. The van der Waals surface area contributed by atoms with Gasteiger partial charge in [-0.1, -0.05) is 18.2 Å². The second-order valence-corrected chi connectivity index (χ2v) is 6.15. The minimum atomic E-state index is -0.978. The number of anilines is 1. The number of amides is 2. The van der Waals surface area contributed by atoms with Crippen LogP contribution >= 0.6 is 0 Å². The first-order valence-corrected chi connectivity index (χ1v) is 8.40. The van der Waals surface area contributed by atoms with Gasteiger partial charge >= 0.3 is 5.97 Å². The molecule has 7 nitrogen and oxygen atoms in total. The maximum absolute atomic E-state index is 12.1. The fourth-order valence-corrected chi connectivity index (χ4v) is 2.23. The summed E-state index contributed by atoms with van der Waals surface area (Å²) in [6.45, 7) is -0.0727. The molecule has 0 aliphatic carbocycles. The zero-order valence-corrected chi connectivity index (χ0v) is 15.3. The maximum Gasteiger partial charge on any atom is 0.335 e. The lowest BCUT2D eigenvalue weighted by molar-refractivity contribution is -0.130. The number of aryl methyl sites for hydroxylation is 1. The first-order chi connectivity index (χ1) is 12.8. The van der Waals surface area contributed by atoms with E-state index >= 15 is 0 Å². The molecule has 2 N–H and O–H groups in total. The highest BCUT2D eigenvalue weighted by Gasteiger charge is 2.08. The molecule has 7 heteroatoms. The number of aromatic carboxylic acids is 1. The van der Waals surface area contributed by atoms with Crippen molar-refractivity contribution in [3.63, 3.8) is 0 Å². The van der Waals surface area contributed by atoms with Crippen LogP contribution in [0.25, 0.3) is 0 Å². The summed E-state index contributed by atoms with van der Waals surface area (Å²) in [5.41, 5.74) is 1.68. The van der Waals surface area contributed by atoms with Crippen molar-refractivity contribution < 1.29 is 24.2 Å². The van der Waals surface area contributed by atoms with Gasteiger partial charge in [-0.15, -0.1) is 0 Å². The molecule has 0 saturated carbocycles. The van der Waals surface area contributed by atoms with Crippen molar-refractivity contribution in [3.05, 3.63) is 59.7 Å². The molecule has 0 fully saturated rings. The second-order valence-electron chi connectivity index (χ2n) is 6.15. The van der Waals surface area contributed by atoms with E-state index in [0.29, 0.717) is 17.9 Å². The molecule has 0 aromatic heterocycles. The second kappa shape index (κ2) is 9.38. The summed E-state index contributed by atoms with van der Waals surface area (Å²) in [5, 5.41) is 11.7. The van der Waals surface area contributed by atoms with Crippen LogP contribution in [0.5, 0.6) is 5.75 Å². The van der Waals surface area contributed by atoms with Crippen LogP contribution in [0.15, 0.2) is 48.5 Å². The van der Waals surface area contributed by atoms with E-state index in [1.54, 1.807) is 50.5 Å². The molecule has 0 bridgehead atoms. The Hall–Kier alpha value is -3.35. The molecule has 2 rings (SSSR count). The van der Waals surface area contributed by atoms with Crippen molar-refractivity contribution in [2.45, 2.75) is 12.8 Å². The number of hydrogen-bond acceptors (Lipinski definition) is 4. The number of ether oxygens (including phenoxy) is 1. The Morgan fingerprint density at radius 2 is 1.78 bits per heavy atom. The molecule has 0 aliphatic heterocycles. The summed E-state index contributed by atoms with van der Waals surface area (Å²) in [6, 6.07) is 13.3. The first-order valence-electron chi connectivity index (χ1n) is 8.40. The molecule has 2 aromatic carbocycles. The van der Waals surface area contributed by atoms with Crippen molar-refractivity contribution in [1.82, 2.24) is 4.90 Å². The lowest BCUT2D eigenvalue weighted by Gasteiger charge is -2.12. The van der Waals surface area contributed by atoms with Gasteiger partial charge < -0.3 is 20.1 Å². The molecule has 2 amide bonds. The monoisotopic (exact) mass is 370 g/mol. The lowest BCUT2D eigenvalue weighted by atomic mass is 10.1. The molecule has 0 aliphatic rings. The Kier molecular flexibility index (Phi) is 6.93. The molecule has 142 valence electrons. The highest BCUT2D eigenvalue weighted by Crippen LogP contribution is 2.18. The molecule has 27 heavy (non-hydrogen) atoms. The molecule has 0 saturated heterocycles. The van der Waals surface area contributed by atoms with Gasteiger partial charge in [-0.3, -0.25) is 9.59 Å². The standard InChI is InChI=1S/C20H22N2O5/c1-22(2)19(24)13-27-17-5-3-4-16(12-17)21-18(23)11-8-14-6-9-15(10-7-14)20(25)26/h3-7,9-10,12H,8,11,13H2,1-2H3,(H,21,23)(H,25,26). The predicted molar refractivity (Wildman–Crippen MR) is 101 cm³/mol. The average Bonchev–Trinajstić information content (AvgIpc) is 2.65. The van der Waals surface area contributed by atoms with Crippen LogP contribution in [0.3, 0.4) is 0 Å². The fraction of sp³-hybridized carbons (Fsp3) is 0.250. The van der Waals surface area contributed by atoms with E-state index in [4.69, 9.17) is 9.84 Å². The van der Waals surface area contributed by atoms with Gasteiger partial charge in [0, 0.05) is 32.3 Å². The number of likely N-dealkylation sites (N-methyl/N-ethyl adjacent to an activating group) is 1. The summed E-state index contributed by atoms with van der Waals surface area (Å²) < 4.78 is 5.42. The largest absolute Gasteiger partial charge is 0.484 e. The Labute approximate surface area is 157 Å². The summed E-state index contributed by atoms with van der Waals surface area (Å²) in [6.07, 6.45) is 0.760. The van der Waals surface area contributed by atoms with E-state index in [1.807, 2.05) is 0 Å². The number of rotatable bonds is 8. The number of carbonyl (C=O) groups is 3. The van der Waals surface area contributed by atoms with Gasteiger partial charge in [0.1, 0.15) is 5.75 Å². The van der Waals surface area contributed by atoms with E-state index in [9.17, 15) is 14.4 Å². The van der Waals surface area contributed by atoms with Gasteiger partial charge in [-0.25, -0.2) is 4.79 Å². The van der Waals surface area contributed by atoms with Gasteiger partial charge in [-0.2, -0.15) is 0 Å². The highest BCUT2D eigenvalue weighted by molar-refractivity contribution is 5.91. The SMILES string of the molecule is CN(C)C(=O)COc1cccc(NC(=O)CCc2ccc(C(=O)O)cc2)c1. The van der Waals surface area contributed by atoms with Crippen LogP contribution < -0.4 is 10.1 Å². The highest BCUT2D eigenvalue weighted by atomic mass is 16.5. The van der Waals surface area contributed by atoms with E-state index in [1.165, 1.54) is 17.0 Å². The molecule has 0 atom stereocenters. The Balaban J connectivity index is 1.85. The van der Waals surface area contributed by atoms with Gasteiger partial charge in [0.15, 0.2) is 6.61 Å². The number of carboxylic acids is 1. The number of nitrogens with one attached hydrogen (secondary N) is 1. The molecule has 0 unspecified atom stereocenters. The van der Waals surface area contributed by atoms with Crippen LogP contribution in [0.1, 0.15) is 22.3 Å². The van der Waals surface area contributed by atoms with E-state index in [0.717, 1.165) is 5.56 Å². The van der Waals surface area contributed by atoms with Crippen molar-refractivity contribution in [2.24, 2.45) is 0 Å². The molecular formula is C20H22N2O5. The third kappa shape index (κ3) is 6.47. The minimum absolute atomic E-state index is 0.0727. The Bertz CT molecular complexity index is 815. The van der Waals surface area contributed by atoms with Crippen LogP contribution in [0.4, 0.5) is 5.69 Å². The van der Waals surface area contributed by atoms with Crippen LogP contribution in [0, 0.1) is 0 Å². The molecule has 2 aromatic rings. The Morgan fingerprint density at radius 3 is 2.41 bits per heavy atom. The normalized spacial score (nSPS) is 10.1. The number of nitrogens with zero attached hydrogens (tertiary/aromatic N) is 1. The fourth-order valence-electron chi connectivity index (χ4n) is 2.23. The summed E-state index contributed by atoms with van der Waals surface area (Å²) in [4.78, 5) is 35.9. The third-order valence-corrected chi connectivity index (χ3v) is 3.82. The van der Waals surface area contributed by atoms with Crippen LogP contribution in [-0.4, -0.2) is 48.5 Å². The molecular weight excluding hydrogens is 348 g/mol. The minimum Gasteiger partial charge on any atom is -0.484 e. The lowest BCUT2D eigenvalue weighted by Crippen LogP contribution is -2.27. The first kappa shape index (κ1) is 20.0. The molecule has 0 heterocycles. The maximum atomic E-state index is 12.1. The average molecular weight is 370 g/mol. The van der Waals surface area contributed by atoms with Crippen molar-refractivity contribution in [1.29, 1.82) is 0 Å². The summed E-state index contributed by atoms with van der Waals surface area (Å²) in [5.74, 6) is -0.807. The number of carboxylic acid groups (broad SMARTS) is 1. The van der Waals surface area contributed by atoms with Crippen LogP contribution in [0.2, 0.25) is 0 Å². The third-order valence-electron chi connectivity index (χ3n) is 3.82. The number of benzene rings is 2. The van der Waals surface area contributed by atoms with Gasteiger partial charge in [-0.05, 0) is 36.2 Å². The van der Waals surface area contributed by atoms with Crippen molar-refractivity contribution >= 4 is 23.5 Å². The van der Waals surface area contributed by atoms with Gasteiger partial charge in [0.25, 0.3) is 5.91 Å². The van der Waals surface area contributed by atoms with Gasteiger partial charge in [0.05, 0.1) is 5.56 Å². The zero-order valence-electron chi connectivity index (χ0n) is 15.3. The van der Waals surface area contributed by atoms with Crippen molar-refractivity contribution in [3.8, 4) is 5.75 Å². The number of hydrogen-bond donors (Lipinski definition) is 2. The zero-order chi connectivity index (χ0) is 19.8. The van der Waals surface area contributed by atoms with E-state index < -0.39 is 5.97 Å².